The van der Waals surface area contributed by atoms with E-state index in [1.165, 1.54) is 27.2 Å². The van der Waals surface area contributed by atoms with Crippen LogP contribution in [-0.4, -0.2) is 18.4 Å². The van der Waals surface area contributed by atoms with E-state index in [1.54, 1.807) is 0 Å². The van der Waals surface area contributed by atoms with Crippen molar-refractivity contribution in [2.24, 2.45) is 11.8 Å². The zero-order valence-electron chi connectivity index (χ0n) is 19.0. The minimum absolute atomic E-state index is 0.0805. The molecule has 3 aliphatic carbocycles. The summed E-state index contributed by atoms with van der Waals surface area (Å²) in [4.78, 5) is 29.4. The Morgan fingerprint density at radius 1 is 0.818 bits per heavy atom. The summed E-state index contributed by atoms with van der Waals surface area (Å²) in [6, 6.07) is 24.2. The number of nitrogens with zero attached hydrogens (tertiary/aromatic N) is 1. The van der Waals surface area contributed by atoms with Crippen LogP contribution in [0, 0.1) is 11.8 Å². The van der Waals surface area contributed by atoms with Crippen molar-refractivity contribution in [3.05, 3.63) is 95.1 Å². The van der Waals surface area contributed by atoms with Gasteiger partial charge >= 0.3 is 0 Å². The van der Waals surface area contributed by atoms with E-state index in [2.05, 4.69) is 62.4 Å². The Balaban J connectivity index is 1.51. The first-order valence-electron chi connectivity index (χ1n) is 11.9. The molecule has 2 atom stereocenters. The van der Waals surface area contributed by atoms with Gasteiger partial charge in [0.05, 0.1) is 24.1 Å². The fourth-order valence-electron chi connectivity index (χ4n) is 6.70. The lowest BCUT2D eigenvalue weighted by molar-refractivity contribution is -0.123. The van der Waals surface area contributed by atoms with Crippen molar-refractivity contribution in [3.8, 4) is 5.75 Å². The van der Waals surface area contributed by atoms with E-state index in [4.69, 9.17) is 4.74 Å². The molecule has 4 nitrogen and oxygen atoms in total. The highest BCUT2D eigenvalue weighted by Crippen LogP contribution is 2.65. The van der Waals surface area contributed by atoms with Gasteiger partial charge in [0.15, 0.2) is 0 Å². The molecular formula is C29H27NO3. The predicted molar refractivity (Wildman–Crippen MR) is 127 cm³/mol. The Kier molecular flexibility index (Phi) is 4.48. The van der Waals surface area contributed by atoms with E-state index in [0.717, 1.165) is 18.6 Å². The van der Waals surface area contributed by atoms with Crippen molar-refractivity contribution < 1.29 is 14.3 Å². The molecule has 1 aliphatic heterocycles. The fraction of sp³-hybridized carbons (Fsp3) is 0.310. The van der Waals surface area contributed by atoms with Gasteiger partial charge in [-0.25, -0.2) is 4.90 Å². The molecule has 1 saturated heterocycles. The number of benzene rings is 3. The topological polar surface area (TPSA) is 46.6 Å². The number of rotatable bonds is 5. The molecule has 33 heavy (non-hydrogen) atoms. The van der Waals surface area contributed by atoms with E-state index in [0.29, 0.717) is 12.3 Å². The van der Waals surface area contributed by atoms with Gasteiger partial charge in [-0.05, 0) is 59.4 Å². The molecule has 166 valence electrons. The van der Waals surface area contributed by atoms with Crippen LogP contribution in [0.5, 0.6) is 5.75 Å². The van der Waals surface area contributed by atoms with Crippen LogP contribution in [0.4, 0.5) is 5.69 Å². The summed E-state index contributed by atoms with van der Waals surface area (Å²) in [5.41, 5.74) is 4.96. The Hall–Kier alpha value is -3.40. The molecule has 3 aromatic rings. The maximum Gasteiger partial charge on any atom is 0.238 e. The first kappa shape index (κ1) is 20.2. The van der Waals surface area contributed by atoms with Crippen molar-refractivity contribution in [3.63, 3.8) is 0 Å². The highest BCUT2D eigenvalue weighted by atomic mass is 16.5. The van der Waals surface area contributed by atoms with Crippen LogP contribution in [0.25, 0.3) is 0 Å². The Morgan fingerprint density at radius 2 is 1.42 bits per heavy atom. The molecule has 4 heteroatoms. The first-order valence-corrected chi connectivity index (χ1v) is 11.9. The Bertz CT molecular complexity index is 1210. The van der Waals surface area contributed by atoms with E-state index >= 15 is 0 Å². The molecule has 2 bridgehead atoms. The van der Waals surface area contributed by atoms with Crippen molar-refractivity contribution >= 4 is 17.5 Å². The molecular weight excluding hydrogens is 410 g/mol. The minimum Gasteiger partial charge on any atom is -0.494 e. The predicted octanol–water partition coefficient (Wildman–Crippen LogP) is 5.44. The highest BCUT2D eigenvalue weighted by Gasteiger charge is 2.67. The lowest BCUT2D eigenvalue weighted by Gasteiger charge is -2.54. The van der Waals surface area contributed by atoms with E-state index in [-0.39, 0.29) is 29.6 Å². The standard InChI is InChI=1S/C29H27NO3/c1-3-17-33-19-15-13-18(14-16-19)30-27(31)25-24-20-9-5-7-11-22(20)29(4-2,26(25)28(30)32)23-12-8-6-10-21(23)24/h5-16,24-26H,3-4,17H2,1-2H3/t24?,25-,26-,29?/m0/s1. The Morgan fingerprint density at radius 3 is 2.00 bits per heavy atom. The summed E-state index contributed by atoms with van der Waals surface area (Å²) in [6.45, 7) is 4.85. The lowest BCUT2D eigenvalue weighted by Crippen LogP contribution is -2.53. The monoisotopic (exact) mass is 437 g/mol. The van der Waals surface area contributed by atoms with Crippen LogP contribution in [0.2, 0.25) is 0 Å². The van der Waals surface area contributed by atoms with Crippen molar-refractivity contribution in [1.82, 2.24) is 0 Å². The zero-order chi connectivity index (χ0) is 22.7. The molecule has 2 amide bonds. The fourth-order valence-corrected chi connectivity index (χ4v) is 6.70. The summed E-state index contributed by atoms with van der Waals surface area (Å²) in [6.07, 6.45) is 1.70. The van der Waals surface area contributed by atoms with Gasteiger partial charge in [-0.2, -0.15) is 0 Å². The average Bonchev–Trinajstić information content (AvgIpc) is 3.14. The van der Waals surface area contributed by atoms with Crippen molar-refractivity contribution in [1.29, 1.82) is 0 Å². The highest BCUT2D eigenvalue weighted by molar-refractivity contribution is 6.23. The smallest absolute Gasteiger partial charge is 0.238 e. The zero-order valence-corrected chi connectivity index (χ0v) is 19.0. The van der Waals surface area contributed by atoms with Gasteiger partial charge in [0.2, 0.25) is 11.8 Å². The molecule has 0 radical (unpaired) electrons. The lowest BCUT2D eigenvalue weighted by atomic mass is 9.46. The number of carbonyl (C=O) groups excluding carboxylic acids is 2. The SMILES string of the molecule is CCCOc1ccc(N2C(=O)[C@@H]3[C@@H](C2=O)C2c4ccccc4C3(CC)c3ccccc32)cc1. The van der Waals surface area contributed by atoms with Crippen LogP contribution in [0.15, 0.2) is 72.8 Å². The van der Waals surface area contributed by atoms with Crippen LogP contribution in [-0.2, 0) is 15.0 Å². The third-order valence-corrected chi connectivity index (χ3v) is 7.92. The molecule has 0 spiro atoms. The van der Waals surface area contributed by atoms with Gasteiger partial charge in [0.25, 0.3) is 0 Å². The van der Waals surface area contributed by atoms with Gasteiger partial charge in [0, 0.05) is 11.3 Å². The summed E-state index contributed by atoms with van der Waals surface area (Å²) >= 11 is 0. The molecule has 0 N–H and O–H groups in total. The average molecular weight is 438 g/mol. The third kappa shape index (κ3) is 2.52. The van der Waals surface area contributed by atoms with Crippen LogP contribution in [0.1, 0.15) is 54.9 Å². The van der Waals surface area contributed by atoms with Gasteiger partial charge in [0.1, 0.15) is 5.75 Å². The molecule has 0 unspecified atom stereocenters. The van der Waals surface area contributed by atoms with Gasteiger partial charge in [-0.3, -0.25) is 9.59 Å². The van der Waals surface area contributed by atoms with E-state index < -0.39 is 5.41 Å². The van der Waals surface area contributed by atoms with Gasteiger partial charge in [-0.1, -0.05) is 62.4 Å². The summed E-state index contributed by atoms with van der Waals surface area (Å²) in [5, 5.41) is 0. The largest absolute Gasteiger partial charge is 0.494 e. The van der Waals surface area contributed by atoms with Crippen LogP contribution >= 0.6 is 0 Å². The molecule has 4 aliphatic rings. The summed E-state index contributed by atoms with van der Waals surface area (Å²) < 4.78 is 5.69. The molecule has 0 saturated carbocycles. The second kappa shape index (κ2) is 7.31. The molecule has 3 aromatic carbocycles. The second-order valence-corrected chi connectivity index (χ2v) is 9.33. The molecule has 0 aromatic heterocycles. The van der Waals surface area contributed by atoms with E-state index in [1.807, 2.05) is 24.3 Å². The van der Waals surface area contributed by atoms with Gasteiger partial charge < -0.3 is 4.74 Å². The maximum atomic E-state index is 14.1. The quantitative estimate of drug-likeness (QED) is 0.500. The third-order valence-electron chi connectivity index (χ3n) is 7.92. The number of anilines is 1. The first-order chi connectivity index (χ1) is 16.1. The number of carbonyl (C=O) groups is 2. The van der Waals surface area contributed by atoms with Crippen molar-refractivity contribution in [2.75, 3.05) is 11.5 Å². The normalized spacial score (nSPS) is 26.7. The van der Waals surface area contributed by atoms with E-state index in [9.17, 15) is 9.59 Å². The number of imide groups is 1. The van der Waals surface area contributed by atoms with Crippen LogP contribution < -0.4 is 9.64 Å². The van der Waals surface area contributed by atoms with Crippen molar-refractivity contribution in [2.45, 2.75) is 38.0 Å². The number of amides is 2. The Labute approximate surface area is 194 Å². The molecule has 1 fully saturated rings. The van der Waals surface area contributed by atoms with Gasteiger partial charge in [-0.15, -0.1) is 0 Å². The minimum atomic E-state index is -0.488. The summed E-state index contributed by atoms with van der Waals surface area (Å²) in [7, 11) is 0. The number of ether oxygens (including phenoxy) is 1. The van der Waals surface area contributed by atoms with Crippen LogP contribution in [0.3, 0.4) is 0 Å². The number of hydrogen-bond donors (Lipinski definition) is 0. The maximum absolute atomic E-state index is 14.1. The number of hydrogen-bond acceptors (Lipinski definition) is 3. The summed E-state index contributed by atoms with van der Waals surface area (Å²) in [5.74, 6) is -0.271. The second-order valence-electron chi connectivity index (χ2n) is 9.33. The molecule has 1 heterocycles. The molecule has 7 rings (SSSR count).